The minimum atomic E-state index is -2.88. The third kappa shape index (κ3) is 5.19. The predicted octanol–water partition coefficient (Wildman–Crippen LogP) is 3.71. The Morgan fingerprint density at radius 1 is 1.35 bits per heavy atom. The summed E-state index contributed by atoms with van der Waals surface area (Å²) in [7, 11) is 0. The molecule has 1 aromatic rings. The van der Waals surface area contributed by atoms with E-state index in [1.54, 1.807) is 11.0 Å². The molecule has 0 aromatic carbocycles. The van der Waals surface area contributed by atoms with Gasteiger partial charge in [-0.1, -0.05) is 6.08 Å². The smallest absolute Gasteiger partial charge is 0.410 e. The quantitative estimate of drug-likeness (QED) is 0.850. The van der Waals surface area contributed by atoms with Crippen LogP contribution >= 0.6 is 0 Å². The lowest BCUT2D eigenvalue weighted by Gasteiger charge is -2.29. The van der Waals surface area contributed by atoms with Gasteiger partial charge in [-0.05, 0) is 44.4 Å². The lowest BCUT2D eigenvalue weighted by molar-refractivity contribution is -0.0528. The van der Waals surface area contributed by atoms with Crippen molar-refractivity contribution in [1.29, 1.82) is 0 Å². The van der Waals surface area contributed by atoms with Gasteiger partial charge in [-0.3, -0.25) is 0 Å². The fourth-order valence-corrected chi connectivity index (χ4v) is 2.15. The zero-order valence-corrected chi connectivity index (χ0v) is 13.4. The van der Waals surface area contributed by atoms with Gasteiger partial charge in [-0.15, -0.1) is 0 Å². The highest BCUT2D eigenvalue weighted by molar-refractivity contribution is 5.72. The van der Waals surface area contributed by atoms with Crippen LogP contribution in [-0.4, -0.2) is 41.3 Å². The largest absolute Gasteiger partial charge is 0.444 e. The highest BCUT2D eigenvalue weighted by Gasteiger charge is 2.23. The fraction of sp³-hybridized carbons (Fsp3) is 0.500. The molecule has 0 saturated heterocycles. The number of hydrogen-bond donors (Lipinski definition) is 0. The van der Waals surface area contributed by atoms with Crippen molar-refractivity contribution in [1.82, 2.24) is 9.88 Å². The maximum absolute atomic E-state index is 12.1. The van der Waals surface area contributed by atoms with E-state index in [9.17, 15) is 13.6 Å². The molecule has 0 unspecified atom stereocenters. The summed E-state index contributed by atoms with van der Waals surface area (Å²) in [5.41, 5.74) is 1.32. The Balaban J connectivity index is 1.97. The van der Waals surface area contributed by atoms with Gasteiger partial charge >= 0.3 is 12.7 Å². The molecule has 0 fully saturated rings. The van der Waals surface area contributed by atoms with Gasteiger partial charge in [-0.25, -0.2) is 9.78 Å². The van der Waals surface area contributed by atoms with E-state index in [1.807, 2.05) is 26.8 Å². The standard InChI is InChI=1S/C16H20F2N2O3/c1-16(2,3)23-15(21)20-8-6-11(7-9-20)12-4-5-13(19-10-12)22-14(17)18/h4-6,10,14H,7-9H2,1-3H3. The molecule has 5 nitrogen and oxygen atoms in total. The Labute approximate surface area is 133 Å². The van der Waals surface area contributed by atoms with Crippen LogP contribution < -0.4 is 4.74 Å². The highest BCUT2D eigenvalue weighted by atomic mass is 19.3. The van der Waals surface area contributed by atoms with Crippen molar-refractivity contribution < 1.29 is 23.0 Å². The van der Waals surface area contributed by atoms with E-state index in [1.165, 1.54) is 12.3 Å². The summed E-state index contributed by atoms with van der Waals surface area (Å²) in [6.45, 7) is 3.57. The maximum atomic E-state index is 12.1. The number of pyridine rings is 1. The van der Waals surface area contributed by atoms with Gasteiger partial charge in [0.25, 0.3) is 0 Å². The van der Waals surface area contributed by atoms with E-state index in [-0.39, 0.29) is 12.0 Å². The Morgan fingerprint density at radius 2 is 2.09 bits per heavy atom. The number of aromatic nitrogens is 1. The van der Waals surface area contributed by atoms with E-state index < -0.39 is 12.2 Å². The van der Waals surface area contributed by atoms with Crippen LogP contribution in [0.4, 0.5) is 13.6 Å². The number of alkyl halides is 2. The molecule has 2 rings (SSSR count). The molecule has 0 aliphatic carbocycles. The Morgan fingerprint density at radius 3 is 2.57 bits per heavy atom. The lowest BCUT2D eigenvalue weighted by atomic mass is 10.0. The average Bonchev–Trinajstić information content (AvgIpc) is 2.46. The summed E-state index contributed by atoms with van der Waals surface area (Å²) >= 11 is 0. The van der Waals surface area contributed by atoms with Crippen LogP contribution in [0.25, 0.3) is 5.57 Å². The molecule has 1 amide bonds. The molecule has 126 valence electrons. The van der Waals surface area contributed by atoms with Gasteiger partial charge in [-0.2, -0.15) is 8.78 Å². The van der Waals surface area contributed by atoms with Crippen LogP contribution in [0.3, 0.4) is 0 Å². The third-order valence-electron chi connectivity index (χ3n) is 3.18. The normalized spacial score (nSPS) is 15.4. The maximum Gasteiger partial charge on any atom is 0.410 e. The van der Waals surface area contributed by atoms with Crippen molar-refractivity contribution in [3.05, 3.63) is 30.0 Å². The van der Waals surface area contributed by atoms with Crippen molar-refractivity contribution >= 4 is 11.7 Å². The predicted molar refractivity (Wildman–Crippen MR) is 81.3 cm³/mol. The van der Waals surface area contributed by atoms with Crippen LogP contribution in [0, 0.1) is 0 Å². The lowest BCUT2D eigenvalue weighted by Crippen LogP contribution is -2.39. The first kappa shape index (κ1) is 17.2. The average molecular weight is 326 g/mol. The summed E-state index contributed by atoms with van der Waals surface area (Å²) in [6.07, 6.45) is 3.72. The number of nitrogens with zero attached hydrogens (tertiary/aromatic N) is 2. The Kier molecular flexibility index (Phi) is 5.18. The zero-order valence-electron chi connectivity index (χ0n) is 13.4. The van der Waals surface area contributed by atoms with Crippen molar-refractivity contribution in [3.63, 3.8) is 0 Å². The van der Waals surface area contributed by atoms with Gasteiger partial charge in [0.05, 0.1) is 0 Å². The number of amides is 1. The number of carbonyl (C=O) groups excluding carboxylic acids is 1. The summed E-state index contributed by atoms with van der Waals surface area (Å²) in [4.78, 5) is 17.4. The molecule has 0 bridgehead atoms. The molecule has 1 aromatic heterocycles. The van der Waals surface area contributed by atoms with E-state index in [4.69, 9.17) is 4.74 Å². The SMILES string of the molecule is CC(C)(C)OC(=O)N1CC=C(c2ccc(OC(F)F)nc2)CC1. The zero-order chi connectivity index (χ0) is 17.0. The summed E-state index contributed by atoms with van der Waals surface area (Å²) < 4.78 is 33.7. The molecular weight excluding hydrogens is 306 g/mol. The molecule has 1 aliphatic heterocycles. The summed E-state index contributed by atoms with van der Waals surface area (Å²) in [6, 6.07) is 3.09. The van der Waals surface area contributed by atoms with Gasteiger partial charge < -0.3 is 14.4 Å². The number of carbonyl (C=O) groups is 1. The van der Waals surface area contributed by atoms with Crippen LogP contribution in [0.2, 0.25) is 0 Å². The van der Waals surface area contributed by atoms with Gasteiger partial charge in [0, 0.05) is 25.4 Å². The first-order valence-electron chi connectivity index (χ1n) is 7.33. The third-order valence-corrected chi connectivity index (χ3v) is 3.18. The van der Waals surface area contributed by atoms with Crippen molar-refractivity contribution in [2.24, 2.45) is 0 Å². The Bertz CT molecular complexity index is 580. The van der Waals surface area contributed by atoms with E-state index in [0.29, 0.717) is 19.5 Å². The number of halogens is 2. The Hall–Kier alpha value is -2.18. The minimum Gasteiger partial charge on any atom is -0.444 e. The second-order valence-electron chi connectivity index (χ2n) is 6.17. The van der Waals surface area contributed by atoms with Crippen molar-refractivity contribution in [3.8, 4) is 5.88 Å². The highest BCUT2D eigenvalue weighted by Crippen LogP contribution is 2.24. The first-order chi connectivity index (χ1) is 10.7. The van der Waals surface area contributed by atoms with E-state index in [0.717, 1.165) is 11.1 Å². The monoisotopic (exact) mass is 326 g/mol. The molecule has 0 atom stereocenters. The topological polar surface area (TPSA) is 51.7 Å². The summed E-state index contributed by atoms with van der Waals surface area (Å²) in [5.74, 6) is -0.115. The molecule has 0 radical (unpaired) electrons. The first-order valence-corrected chi connectivity index (χ1v) is 7.33. The van der Waals surface area contributed by atoms with Crippen LogP contribution in [0.15, 0.2) is 24.4 Å². The van der Waals surface area contributed by atoms with Gasteiger partial charge in [0.15, 0.2) is 0 Å². The number of ether oxygens (including phenoxy) is 2. The molecule has 0 N–H and O–H groups in total. The number of hydrogen-bond acceptors (Lipinski definition) is 4. The molecular formula is C16H20F2N2O3. The van der Waals surface area contributed by atoms with Gasteiger partial charge in [0.1, 0.15) is 5.60 Å². The second-order valence-corrected chi connectivity index (χ2v) is 6.17. The second kappa shape index (κ2) is 6.93. The van der Waals surface area contributed by atoms with Crippen LogP contribution in [0.5, 0.6) is 5.88 Å². The van der Waals surface area contributed by atoms with E-state index in [2.05, 4.69) is 9.72 Å². The fourth-order valence-electron chi connectivity index (χ4n) is 2.15. The molecule has 0 spiro atoms. The van der Waals surface area contributed by atoms with Crippen LogP contribution in [-0.2, 0) is 4.74 Å². The minimum absolute atomic E-state index is 0.115. The molecule has 1 aliphatic rings. The number of rotatable bonds is 3. The summed E-state index contributed by atoms with van der Waals surface area (Å²) in [5, 5.41) is 0. The van der Waals surface area contributed by atoms with Gasteiger partial charge in [0.2, 0.25) is 5.88 Å². The van der Waals surface area contributed by atoms with E-state index >= 15 is 0 Å². The molecule has 7 heteroatoms. The van der Waals surface area contributed by atoms with Crippen molar-refractivity contribution in [2.75, 3.05) is 13.1 Å². The molecule has 0 saturated carbocycles. The van der Waals surface area contributed by atoms with Crippen LogP contribution in [0.1, 0.15) is 32.8 Å². The van der Waals surface area contributed by atoms with Crippen molar-refractivity contribution in [2.45, 2.75) is 39.4 Å². The molecule has 23 heavy (non-hydrogen) atoms. The molecule has 2 heterocycles.